The van der Waals surface area contributed by atoms with Crippen LogP contribution in [-0.2, 0) is 17.6 Å². The van der Waals surface area contributed by atoms with E-state index >= 15 is 0 Å². The lowest BCUT2D eigenvalue weighted by Crippen LogP contribution is -2.34. The van der Waals surface area contributed by atoms with E-state index in [-0.39, 0.29) is 23.3 Å². The van der Waals surface area contributed by atoms with Crippen molar-refractivity contribution < 1.29 is 14.3 Å². The van der Waals surface area contributed by atoms with Gasteiger partial charge in [-0.15, -0.1) is 0 Å². The van der Waals surface area contributed by atoms with Gasteiger partial charge in [0.1, 0.15) is 5.75 Å². The summed E-state index contributed by atoms with van der Waals surface area (Å²) < 4.78 is 5.89. The number of hydrogen-bond donors (Lipinski definition) is 3. The van der Waals surface area contributed by atoms with Gasteiger partial charge < -0.3 is 15.4 Å². The number of ether oxygens (including phenoxy) is 1. The van der Waals surface area contributed by atoms with Gasteiger partial charge in [-0.25, -0.2) is 0 Å². The van der Waals surface area contributed by atoms with E-state index in [1.165, 1.54) is 0 Å². The Balaban J connectivity index is 1.31. The summed E-state index contributed by atoms with van der Waals surface area (Å²) in [6.07, 6.45) is 1.01. The summed E-state index contributed by atoms with van der Waals surface area (Å²) in [6, 6.07) is 33.7. The molecule has 4 aromatic rings. The smallest absolute Gasteiger partial charge is 0.261 e. The first-order chi connectivity index (χ1) is 18.1. The molecule has 0 aliphatic rings. The zero-order chi connectivity index (χ0) is 25.9. The third-order valence-corrected chi connectivity index (χ3v) is 5.67. The first-order valence-electron chi connectivity index (χ1n) is 11.9. The molecule has 0 aliphatic carbocycles. The van der Waals surface area contributed by atoms with Crippen LogP contribution in [0, 0.1) is 0 Å². The van der Waals surface area contributed by atoms with E-state index in [1.54, 1.807) is 42.5 Å². The molecule has 4 aromatic carbocycles. The minimum absolute atomic E-state index is 0.122. The monoisotopic (exact) mass is 509 g/mol. The third-order valence-electron chi connectivity index (χ3n) is 5.46. The topological polar surface area (TPSA) is 79.5 Å². The molecular formula is C30H27N3O3S. The Morgan fingerprint density at radius 3 is 2.05 bits per heavy atom. The number of thiocarbonyl (C=S) groups is 1. The van der Waals surface area contributed by atoms with Crippen LogP contribution in [-0.4, -0.2) is 23.5 Å². The van der Waals surface area contributed by atoms with Gasteiger partial charge in [-0.3, -0.25) is 14.9 Å². The second kappa shape index (κ2) is 13.0. The SMILES string of the molecule is O=C(Cc1ccccc1)Nc1cccc(NC(=S)NC(=O)c2ccccc2OCCc2ccccc2)c1. The number of benzene rings is 4. The Morgan fingerprint density at radius 2 is 1.32 bits per heavy atom. The summed E-state index contributed by atoms with van der Waals surface area (Å²) >= 11 is 5.35. The lowest BCUT2D eigenvalue weighted by atomic mass is 10.1. The van der Waals surface area contributed by atoms with E-state index < -0.39 is 0 Å². The molecule has 6 nitrogen and oxygen atoms in total. The highest BCUT2D eigenvalue weighted by molar-refractivity contribution is 7.80. The van der Waals surface area contributed by atoms with Gasteiger partial charge in [0.05, 0.1) is 18.6 Å². The van der Waals surface area contributed by atoms with E-state index in [9.17, 15) is 9.59 Å². The van der Waals surface area contributed by atoms with Crippen molar-refractivity contribution in [3.63, 3.8) is 0 Å². The minimum Gasteiger partial charge on any atom is -0.492 e. The molecule has 0 radical (unpaired) electrons. The fourth-order valence-corrected chi connectivity index (χ4v) is 3.91. The Bertz CT molecular complexity index is 1360. The number of hydrogen-bond acceptors (Lipinski definition) is 4. The van der Waals surface area contributed by atoms with Crippen LogP contribution in [0.2, 0.25) is 0 Å². The molecule has 0 saturated carbocycles. The first-order valence-corrected chi connectivity index (χ1v) is 12.3. The normalized spacial score (nSPS) is 10.3. The average Bonchev–Trinajstić information content (AvgIpc) is 2.90. The van der Waals surface area contributed by atoms with Gasteiger partial charge in [0, 0.05) is 17.8 Å². The highest BCUT2D eigenvalue weighted by atomic mass is 32.1. The summed E-state index contributed by atoms with van der Waals surface area (Å²) in [5.74, 6) is -0.00918. The van der Waals surface area contributed by atoms with Crippen molar-refractivity contribution in [1.82, 2.24) is 5.32 Å². The number of nitrogens with one attached hydrogen (secondary N) is 3. The van der Waals surface area contributed by atoms with Crippen molar-refractivity contribution in [2.45, 2.75) is 12.8 Å². The van der Waals surface area contributed by atoms with Crippen LogP contribution in [0.15, 0.2) is 109 Å². The highest BCUT2D eigenvalue weighted by Gasteiger charge is 2.14. The molecule has 186 valence electrons. The van der Waals surface area contributed by atoms with Crippen LogP contribution in [0.5, 0.6) is 5.75 Å². The quantitative estimate of drug-likeness (QED) is 0.255. The maximum absolute atomic E-state index is 12.9. The summed E-state index contributed by atoms with van der Waals surface area (Å²) in [7, 11) is 0. The standard InChI is InChI=1S/C30H27N3O3S/c34-28(20-23-12-5-2-6-13-23)31-24-14-9-15-25(21-24)32-30(37)33-29(35)26-16-7-8-17-27(26)36-19-18-22-10-3-1-4-11-22/h1-17,21H,18-20H2,(H,31,34)(H2,32,33,35,37). The summed E-state index contributed by atoms with van der Waals surface area (Å²) in [4.78, 5) is 25.3. The molecule has 0 aromatic heterocycles. The molecule has 7 heteroatoms. The summed E-state index contributed by atoms with van der Waals surface area (Å²) in [5, 5.41) is 8.72. The van der Waals surface area contributed by atoms with Crippen molar-refractivity contribution in [2.75, 3.05) is 17.2 Å². The number of anilines is 2. The van der Waals surface area contributed by atoms with Crippen LogP contribution >= 0.6 is 12.2 Å². The van der Waals surface area contributed by atoms with Gasteiger partial charge in [0.25, 0.3) is 5.91 Å². The molecule has 0 spiro atoms. The molecule has 37 heavy (non-hydrogen) atoms. The van der Waals surface area contributed by atoms with Gasteiger partial charge in [-0.2, -0.15) is 0 Å². The van der Waals surface area contributed by atoms with Crippen molar-refractivity contribution in [3.05, 3.63) is 126 Å². The van der Waals surface area contributed by atoms with Crippen molar-refractivity contribution in [1.29, 1.82) is 0 Å². The second-order valence-corrected chi connectivity index (χ2v) is 8.69. The summed E-state index contributed by atoms with van der Waals surface area (Å²) in [5.41, 5.74) is 3.74. The predicted molar refractivity (Wildman–Crippen MR) is 151 cm³/mol. The molecule has 3 N–H and O–H groups in total. The van der Waals surface area contributed by atoms with E-state index in [4.69, 9.17) is 17.0 Å². The van der Waals surface area contributed by atoms with E-state index in [1.807, 2.05) is 66.7 Å². The third kappa shape index (κ3) is 8.02. The first kappa shape index (κ1) is 25.6. The molecular weight excluding hydrogens is 482 g/mol. The minimum atomic E-state index is -0.375. The second-order valence-electron chi connectivity index (χ2n) is 8.28. The van der Waals surface area contributed by atoms with Gasteiger partial charge in [-0.1, -0.05) is 78.9 Å². The molecule has 0 heterocycles. The maximum atomic E-state index is 12.9. The summed E-state index contributed by atoms with van der Waals surface area (Å²) in [6.45, 7) is 0.444. The number of carbonyl (C=O) groups excluding carboxylic acids is 2. The molecule has 0 atom stereocenters. The van der Waals surface area contributed by atoms with E-state index in [2.05, 4.69) is 16.0 Å². The van der Waals surface area contributed by atoms with Crippen LogP contribution in [0.1, 0.15) is 21.5 Å². The number of carbonyl (C=O) groups is 2. The number of rotatable bonds is 9. The lowest BCUT2D eigenvalue weighted by Gasteiger charge is -2.14. The van der Waals surface area contributed by atoms with E-state index in [0.29, 0.717) is 29.3 Å². The van der Waals surface area contributed by atoms with Gasteiger partial charge >= 0.3 is 0 Å². The van der Waals surface area contributed by atoms with Crippen molar-refractivity contribution in [2.24, 2.45) is 0 Å². The average molecular weight is 510 g/mol. The Morgan fingerprint density at radius 1 is 0.703 bits per heavy atom. The predicted octanol–water partition coefficient (Wildman–Crippen LogP) is 5.62. The fraction of sp³-hybridized carbons (Fsp3) is 0.100. The number of amides is 2. The Kier molecular flexibility index (Phi) is 8.99. The van der Waals surface area contributed by atoms with E-state index in [0.717, 1.165) is 17.5 Å². The van der Waals surface area contributed by atoms with Gasteiger partial charge in [-0.05, 0) is 53.7 Å². The largest absolute Gasteiger partial charge is 0.492 e. The molecule has 0 saturated heterocycles. The zero-order valence-corrected chi connectivity index (χ0v) is 21.0. The van der Waals surface area contributed by atoms with Crippen molar-refractivity contribution in [3.8, 4) is 5.75 Å². The van der Waals surface area contributed by atoms with Gasteiger partial charge in [0.2, 0.25) is 5.91 Å². The zero-order valence-electron chi connectivity index (χ0n) is 20.1. The molecule has 4 rings (SSSR count). The lowest BCUT2D eigenvalue weighted by molar-refractivity contribution is -0.115. The van der Waals surface area contributed by atoms with Gasteiger partial charge in [0.15, 0.2) is 5.11 Å². The molecule has 0 aliphatic heterocycles. The molecule has 2 amide bonds. The molecule has 0 bridgehead atoms. The Labute approximate surface area is 221 Å². The van der Waals surface area contributed by atoms with Crippen LogP contribution in [0.4, 0.5) is 11.4 Å². The van der Waals surface area contributed by atoms with Crippen molar-refractivity contribution >= 4 is 40.5 Å². The fourth-order valence-electron chi connectivity index (χ4n) is 3.70. The highest BCUT2D eigenvalue weighted by Crippen LogP contribution is 2.19. The van der Waals surface area contributed by atoms with Crippen LogP contribution in [0.25, 0.3) is 0 Å². The van der Waals surface area contributed by atoms with Crippen LogP contribution in [0.3, 0.4) is 0 Å². The molecule has 0 fully saturated rings. The number of para-hydroxylation sites is 1. The Hall–Kier alpha value is -4.49. The molecule has 0 unspecified atom stereocenters. The van der Waals surface area contributed by atoms with Crippen LogP contribution < -0.4 is 20.7 Å². The maximum Gasteiger partial charge on any atom is 0.261 e.